The third kappa shape index (κ3) is 4.58. The van der Waals surface area contributed by atoms with Crippen molar-refractivity contribution < 1.29 is 0 Å². The summed E-state index contributed by atoms with van der Waals surface area (Å²) in [4.78, 5) is 2.06. The van der Waals surface area contributed by atoms with Gasteiger partial charge >= 0.3 is 0 Å². The first-order chi connectivity index (χ1) is 5.76. The summed E-state index contributed by atoms with van der Waals surface area (Å²) in [7, 11) is 0. The molecule has 0 bridgehead atoms. The molecule has 0 aromatic heterocycles. The summed E-state index contributed by atoms with van der Waals surface area (Å²) in [6, 6.07) is 2.12. The van der Waals surface area contributed by atoms with Gasteiger partial charge in [-0.15, -0.1) is 0 Å². The third-order valence-corrected chi connectivity index (χ3v) is 2.81. The summed E-state index contributed by atoms with van der Waals surface area (Å²) in [5, 5.41) is 8.40. The van der Waals surface area contributed by atoms with E-state index in [1.165, 1.54) is 0 Å². The molecule has 0 aliphatic heterocycles. The number of thiocarbonyl (C=S) groups is 1. The van der Waals surface area contributed by atoms with Gasteiger partial charge in [-0.05, 0) is 12.7 Å². The molecule has 0 spiro atoms. The van der Waals surface area contributed by atoms with Gasteiger partial charge in [0.05, 0.1) is 12.5 Å². The number of nitriles is 1. The molecule has 0 amide bonds. The van der Waals surface area contributed by atoms with Gasteiger partial charge in [0.1, 0.15) is 4.32 Å². The summed E-state index contributed by atoms with van der Waals surface area (Å²) in [6.07, 6.45) is 0.554. The fourth-order valence-corrected chi connectivity index (χ4v) is 2.00. The molecule has 0 radical (unpaired) electrons. The molecule has 0 atom stereocenters. The van der Waals surface area contributed by atoms with Crippen LogP contribution in [0.5, 0.6) is 0 Å². The minimum absolute atomic E-state index is 0.554. The lowest BCUT2D eigenvalue weighted by molar-refractivity contribution is 0.466. The highest BCUT2D eigenvalue weighted by Gasteiger charge is 2.05. The lowest BCUT2D eigenvalue weighted by Gasteiger charge is -2.21. The van der Waals surface area contributed by atoms with Crippen molar-refractivity contribution in [2.75, 3.05) is 18.8 Å². The predicted octanol–water partition coefficient (Wildman–Crippen LogP) is 2.26. The van der Waals surface area contributed by atoms with Gasteiger partial charge in [-0.25, -0.2) is 0 Å². The molecule has 0 saturated carbocycles. The molecule has 0 rings (SSSR count). The van der Waals surface area contributed by atoms with Crippen LogP contribution in [0.15, 0.2) is 0 Å². The number of rotatable bonds is 4. The summed E-state index contributed by atoms with van der Waals surface area (Å²) in [5.74, 6) is 1.00. The minimum Gasteiger partial charge on any atom is -0.357 e. The molecule has 0 aromatic rings. The van der Waals surface area contributed by atoms with Crippen LogP contribution in [-0.4, -0.2) is 28.1 Å². The zero-order valence-corrected chi connectivity index (χ0v) is 9.17. The van der Waals surface area contributed by atoms with Crippen molar-refractivity contribution in [3.05, 3.63) is 0 Å². The quantitative estimate of drug-likeness (QED) is 0.653. The first-order valence-corrected chi connectivity index (χ1v) is 5.44. The molecular weight excluding hydrogens is 188 g/mol. The molecule has 0 N–H and O–H groups in total. The molecule has 4 heteroatoms. The molecular formula is C8H14N2S2. The van der Waals surface area contributed by atoms with Gasteiger partial charge in [-0.2, -0.15) is 5.26 Å². The summed E-state index contributed by atoms with van der Waals surface area (Å²) < 4.78 is 0.912. The number of hydrogen-bond acceptors (Lipinski definition) is 3. The first kappa shape index (κ1) is 11.7. The van der Waals surface area contributed by atoms with Crippen LogP contribution in [0.4, 0.5) is 0 Å². The van der Waals surface area contributed by atoms with Crippen molar-refractivity contribution in [3.8, 4) is 6.07 Å². The van der Waals surface area contributed by atoms with Crippen LogP contribution in [-0.2, 0) is 0 Å². The van der Waals surface area contributed by atoms with Crippen LogP contribution in [0.2, 0.25) is 0 Å². The van der Waals surface area contributed by atoms with Crippen molar-refractivity contribution >= 4 is 28.3 Å². The Morgan fingerprint density at radius 3 is 2.67 bits per heavy atom. The maximum atomic E-state index is 8.40. The van der Waals surface area contributed by atoms with Crippen molar-refractivity contribution in [3.63, 3.8) is 0 Å². The molecule has 0 aromatic carbocycles. The minimum atomic E-state index is 0.554. The summed E-state index contributed by atoms with van der Waals surface area (Å²) in [6.45, 7) is 5.79. The Bertz CT molecular complexity index is 174. The van der Waals surface area contributed by atoms with Crippen LogP contribution in [0.25, 0.3) is 0 Å². The second-order valence-electron chi connectivity index (χ2n) is 2.19. The van der Waals surface area contributed by atoms with Crippen LogP contribution >= 0.6 is 24.0 Å². The average molecular weight is 202 g/mol. The van der Waals surface area contributed by atoms with E-state index in [0.717, 1.165) is 23.2 Å². The fourth-order valence-electron chi connectivity index (χ4n) is 0.778. The van der Waals surface area contributed by atoms with E-state index in [1.54, 1.807) is 11.8 Å². The molecule has 0 fully saturated rings. The Kier molecular flexibility index (Phi) is 7.22. The Balaban J connectivity index is 3.80. The molecule has 0 unspecified atom stereocenters. The molecule has 2 nitrogen and oxygen atoms in total. The third-order valence-electron chi connectivity index (χ3n) is 1.40. The van der Waals surface area contributed by atoms with Gasteiger partial charge in [0.25, 0.3) is 0 Å². The molecule has 12 heavy (non-hydrogen) atoms. The zero-order valence-electron chi connectivity index (χ0n) is 7.54. The van der Waals surface area contributed by atoms with Crippen LogP contribution in [0.3, 0.4) is 0 Å². The van der Waals surface area contributed by atoms with Gasteiger partial charge in [0, 0.05) is 13.1 Å². The molecule has 0 saturated heterocycles. The van der Waals surface area contributed by atoms with E-state index in [-0.39, 0.29) is 0 Å². The van der Waals surface area contributed by atoms with Crippen molar-refractivity contribution in [2.45, 2.75) is 20.3 Å². The van der Waals surface area contributed by atoms with E-state index in [4.69, 9.17) is 17.5 Å². The number of nitrogens with zero attached hydrogens (tertiary/aromatic N) is 2. The van der Waals surface area contributed by atoms with E-state index in [9.17, 15) is 0 Å². The van der Waals surface area contributed by atoms with Crippen molar-refractivity contribution in [1.29, 1.82) is 5.26 Å². The Labute approximate surface area is 83.9 Å². The largest absolute Gasteiger partial charge is 0.357 e. The molecule has 0 aliphatic carbocycles. The standard InChI is InChI=1S/C8H14N2S2/c1-3-10(7-5-6-9)8(11)12-4-2/h3-5,7H2,1-2H3. The van der Waals surface area contributed by atoms with Gasteiger partial charge in [-0.3, -0.25) is 0 Å². The van der Waals surface area contributed by atoms with Crippen molar-refractivity contribution in [2.24, 2.45) is 0 Å². The predicted molar refractivity (Wildman–Crippen MR) is 58.2 cm³/mol. The molecule has 0 heterocycles. The Hall–Kier alpha value is -0.270. The van der Waals surface area contributed by atoms with E-state index >= 15 is 0 Å². The lowest BCUT2D eigenvalue weighted by atomic mass is 10.4. The van der Waals surface area contributed by atoms with E-state index in [2.05, 4.69) is 24.8 Å². The van der Waals surface area contributed by atoms with Gasteiger partial charge in [-0.1, -0.05) is 30.9 Å². The maximum absolute atomic E-state index is 8.40. The SMILES string of the molecule is CCSC(=S)N(CC)CCC#N. The smallest absolute Gasteiger partial charge is 0.136 e. The number of thioether (sulfide) groups is 1. The zero-order chi connectivity index (χ0) is 9.40. The topological polar surface area (TPSA) is 27.0 Å². The summed E-state index contributed by atoms with van der Waals surface area (Å²) in [5.41, 5.74) is 0. The second-order valence-corrected chi connectivity index (χ2v) is 4.08. The Morgan fingerprint density at radius 1 is 1.58 bits per heavy atom. The average Bonchev–Trinajstić information content (AvgIpc) is 2.06. The monoisotopic (exact) mass is 202 g/mol. The number of hydrogen-bond donors (Lipinski definition) is 0. The van der Waals surface area contributed by atoms with Crippen LogP contribution in [0.1, 0.15) is 20.3 Å². The Morgan fingerprint density at radius 2 is 2.25 bits per heavy atom. The first-order valence-electron chi connectivity index (χ1n) is 4.04. The van der Waals surface area contributed by atoms with Crippen LogP contribution in [0, 0.1) is 11.3 Å². The second kappa shape index (κ2) is 7.38. The lowest BCUT2D eigenvalue weighted by Crippen LogP contribution is -2.28. The van der Waals surface area contributed by atoms with Gasteiger partial charge < -0.3 is 4.90 Å². The van der Waals surface area contributed by atoms with E-state index in [1.807, 2.05) is 0 Å². The highest BCUT2D eigenvalue weighted by molar-refractivity contribution is 8.22. The highest BCUT2D eigenvalue weighted by atomic mass is 32.2. The molecule has 68 valence electrons. The van der Waals surface area contributed by atoms with Crippen molar-refractivity contribution in [1.82, 2.24) is 4.90 Å². The van der Waals surface area contributed by atoms with Gasteiger partial charge in [0.15, 0.2) is 0 Å². The van der Waals surface area contributed by atoms with Gasteiger partial charge in [0.2, 0.25) is 0 Å². The molecule has 0 aliphatic rings. The maximum Gasteiger partial charge on any atom is 0.136 e. The van der Waals surface area contributed by atoms with E-state index < -0.39 is 0 Å². The highest BCUT2D eigenvalue weighted by Crippen LogP contribution is 2.08. The fraction of sp³-hybridized carbons (Fsp3) is 0.750. The normalized spacial score (nSPS) is 9.08. The summed E-state index contributed by atoms with van der Waals surface area (Å²) >= 11 is 6.83. The van der Waals surface area contributed by atoms with E-state index in [0.29, 0.717) is 6.42 Å². The van der Waals surface area contributed by atoms with Crippen LogP contribution < -0.4 is 0 Å².